The van der Waals surface area contributed by atoms with Crippen LogP contribution in [-0.4, -0.2) is 42.2 Å². The Morgan fingerprint density at radius 2 is 2.00 bits per heavy atom. The third-order valence-electron chi connectivity index (χ3n) is 4.01. The summed E-state index contributed by atoms with van der Waals surface area (Å²) in [5.74, 6) is 10.5. The second kappa shape index (κ2) is 11.7. The molecular weight excluding hydrogens is 406 g/mol. The zero-order valence-electron chi connectivity index (χ0n) is 18.2. The Bertz CT molecular complexity index is 743. The number of amides is 2. The van der Waals surface area contributed by atoms with Crippen LogP contribution in [0.4, 0.5) is 5.69 Å². The van der Waals surface area contributed by atoms with E-state index in [9.17, 15) is 9.59 Å². The number of hydrazine groups is 1. The van der Waals surface area contributed by atoms with Crippen LogP contribution >= 0.6 is 11.6 Å². The van der Waals surface area contributed by atoms with Gasteiger partial charge in [-0.25, -0.2) is 5.84 Å². The van der Waals surface area contributed by atoms with Gasteiger partial charge in [0.1, 0.15) is 12.4 Å². The summed E-state index contributed by atoms with van der Waals surface area (Å²) in [4.78, 5) is 25.8. The molecule has 2 amide bonds. The molecule has 0 radical (unpaired) electrons. The van der Waals surface area contributed by atoms with Crippen LogP contribution in [0.5, 0.6) is 0 Å². The van der Waals surface area contributed by atoms with E-state index in [1.807, 2.05) is 0 Å². The molecule has 10 heteroatoms. The standard InChI is InChI=1S/C15H22ClN7O2.C5H12/c16-11-3-4-12(23(19)9-21-18)10(6-11)8-20-15(25)13-2-1-5-22(13)14(24)7-17;1-5(2,3)4/h3-4,6,9,13H,1-2,5,7-8,17-19H2,(H,20,25);1-4H3/b21-9-;/t13-;/m0./s1. The van der Waals surface area contributed by atoms with Crippen LogP contribution in [0.15, 0.2) is 23.3 Å². The number of halogens is 1. The van der Waals surface area contributed by atoms with Gasteiger partial charge in [-0.1, -0.05) is 39.3 Å². The average Bonchev–Trinajstić information content (AvgIpc) is 3.14. The van der Waals surface area contributed by atoms with E-state index in [0.717, 1.165) is 6.42 Å². The molecule has 0 bridgehead atoms. The molecule has 0 aliphatic carbocycles. The summed E-state index contributed by atoms with van der Waals surface area (Å²) in [6.07, 6.45) is 2.63. The monoisotopic (exact) mass is 439 g/mol. The largest absolute Gasteiger partial charge is 0.350 e. The third-order valence-corrected chi connectivity index (χ3v) is 4.25. The van der Waals surface area contributed by atoms with Crippen LogP contribution in [0, 0.1) is 5.41 Å². The van der Waals surface area contributed by atoms with Crippen LogP contribution in [-0.2, 0) is 16.1 Å². The van der Waals surface area contributed by atoms with E-state index in [2.05, 4.69) is 38.1 Å². The summed E-state index contributed by atoms with van der Waals surface area (Å²) >= 11 is 6.03. The normalized spacial score (nSPS) is 16.2. The van der Waals surface area contributed by atoms with E-state index in [4.69, 9.17) is 29.0 Å². The first-order valence-electron chi connectivity index (χ1n) is 9.81. The van der Waals surface area contributed by atoms with Gasteiger partial charge in [0.25, 0.3) is 0 Å². The summed E-state index contributed by atoms with van der Waals surface area (Å²) < 4.78 is 0. The van der Waals surface area contributed by atoms with Crippen LogP contribution < -0.4 is 27.7 Å². The lowest BCUT2D eigenvalue weighted by molar-refractivity contribution is -0.137. The van der Waals surface area contributed by atoms with Gasteiger partial charge in [-0.2, -0.15) is 5.10 Å². The number of hydrazone groups is 1. The molecule has 1 aromatic carbocycles. The van der Waals surface area contributed by atoms with E-state index in [-0.39, 0.29) is 24.9 Å². The molecule has 1 aliphatic heterocycles. The average molecular weight is 440 g/mol. The highest BCUT2D eigenvalue weighted by molar-refractivity contribution is 6.30. The summed E-state index contributed by atoms with van der Waals surface area (Å²) in [6, 6.07) is 4.56. The molecule has 9 nitrogen and oxygen atoms in total. The van der Waals surface area contributed by atoms with E-state index in [1.165, 1.54) is 16.2 Å². The highest BCUT2D eigenvalue weighted by atomic mass is 35.5. The topological polar surface area (TPSA) is 143 Å². The van der Waals surface area contributed by atoms with Crippen molar-refractivity contribution in [2.24, 2.45) is 27.9 Å². The zero-order chi connectivity index (χ0) is 22.9. The van der Waals surface area contributed by atoms with Gasteiger partial charge in [0.15, 0.2) is 0 Å². The van der Waals surface area contributed by atoms with Crippen molar-refractivity contribution >= 4 is 35.4 Å². The molecule has 2 rings (SSSR count). The SMILES string of the molecule is CC(C)(C)C.NCC(=O)N1CCC[C@H]1C(=O)NCc1cc(Cl)ccc1N(N)/C=N\N. The molecule has 30 heavy (non-hydrogen) atoms. The van der Waals surface area contributed by atoms with Gasteiger partial charge in [0.2, 0.25) is 11.8 Å². The molecule has 1 aromatic rings. The molecule has 0 saturated carbocycles. The van der Waals surface area contributed by atoms with Crippen LogP contribution in [0.2, 0.25) is 5.02 Å². The fraction of sp³-hybridized carbons (Fsp3) is 0.550. The predicted octanol–water partition coefficient (Wildman–Crippen LogP) is 1.54. The number of benzene rings is 1. The van der Waals surface area contributed by atoms with Gasteiger partial charge in [-0.05, 0) is 42.0 Å². The third kappa shape index (κ3) is 8.56. The van der Waals surface area contributed by atoms with Crippen molar-refractivity contribution in [3.63, 3.8) is 0 Å². The van der Waals surface area contributed by atoms with Crippen molar-refractivity contribution < 1.29 is 9.59 Å². The van der Waals surface area contributed by atoms with Crippen LogP contribution in [0.1, 0.15) is 46.1 Å². The highest BCUT2D eigenvalue weighted by Crippen LogP contribution is 2.23. The Morgan fingerprint density at radius 3 is 2.57 bits per heavy atom. The Hall–Kier alpha value is -2.36. The van der Waals surface area contributed by atoms with Crippen molar-refractivity contribution in [2.75, 3.05) is 18.1 Å². The number of rotatable bonds is 6. The second-order valence-corrected chi connectivity index (χ2v) is 9.05. The lowest BCUT2D eigenvalue weighted by atomic mass is 10.0. The first-order chi connectivity index (χ1) is 14.0. The van der Waals surface area contributed by atoms with Crippen molar-refractivity contribution in [1.82, 2.24) is 10.2 Å². The molecule has 1 saturated heterocycles. The molecule has 7 N–H and O–H groups in total. The van der Waals surface area contributed by atoms with Gasteiger partial charge in [0, 0.05) is 18.1 Å². The maximum Gasteiger partial charge on any atom is 0.243 e. The molecule has 168 valence electrons. The number of hydrogen-bond donors (Lipinski definition) is 4. The molecular formula is C20H34ClN7O2. The quantitative estimate of drug-likeness (QED) is 0.229. The number of anilines is 1. The summed E-state index contributed by atoms with van der Waals surface area (Å²) in [7, 11) is 0. The Labute approximate surface area is 183 Å². The van der Waals surface area contributed by atoms with Gasteiger partial charge in [-0.15, -0.1) is 0 Å². The van der Waals surface area contributed by atoms with Gasteiger partial charge < -0.3 is 21.8 Å². The van der Waals surface area contributed by atoms with Gasteiger partial charge >= 0.3 is 0 Å². The van der Waals surface area contributed by atoms with Crippen molar-refractivity contribution in [3.05, 3.63) is 28.8 Å². The first kappa shape index (κ1) is 25.7. The van der Waals surface area contributed by atoms with Crippen molar-refractivity contribution in [1.29, 1.82) is 0 Å². The second-order valence-electron chi connectivity index (χ2n) is 8.61. The maximum absolute atomic E-state index is 12.5. The van der Waals surface area contributed by atoms with Gasteiger partial charge in [0.05, 0.1) is 12.2 Å². The Morgan fingerprint density at radius 1 is 1.37 bits per heavy atom. The summed E-state index contributed by atoms with van der Waals surface area (Å²) in [5.41, 5.74) is 7.19. The summed E-state index contributed by atoms with van der Waals surface area (Å²) in [6.45, 7) is 9.38. The lowest BCUT2D eigenvalue weighted by Crippen LogP contribution is -2.47. The minimum absolute atomic E-state index is 0.108. The van der Waals surface area contributed by atoms with Crippen LogP contribution in [0.3, 0.4) is 0 Å². The summed E-state index contributed by atoms with van der Waals surface area (Å²) in [5, 5.41) is 7.94. The van der Waals surface area contributed by atoms with Crippen LogP contribution in [0.25, 0.3) is 0 Å². The molecule has 0 spiro atoms. The van der Waals surface area contributed by atoms with Crippen molar-refractivity contribution in [2.45, 2.75) is 53.1 Å². The molecule has 0 aromatic heterocycles. The Kier molecular flexibility index (Phi) is 10.0. The van der Waals surface area contributed by atoms with E-state index in [1.54, 1.807) is 18.2 Å². The minimum atomic E-state index is -0.502. The van der Waals surface area contributed by atoms with Crippen molar-refractivity contribution in [3.8, 4) is 0 Å². The number of carbonyl (C=O) groups is 2. The molecule has 1 atom stereocenters. The maximum atomic E-state index is 12.5. The first-order valence-corrected chi connectivity index (χ1v) is 10.2. The highest BCUT2D eigenvalue weighted by Gasteiger charge is 2.33. The van der Waals surface area contributed by atoms with E-state index >= 15 is 0 Å². The molecule has 1 aliphatic rings. The zero-order valence-corrected chi connectivity index (χ0v) is 18.9. The number of nitrogens with zero attached hydrogens (tertiary/aromatic N) is 3. The van der Waals surface area contributed by atoms with Gasteiger partial charge in [-0.3, -0.25) is 14.6 Å². The minimum Gasteiger partial charge on any atom is -0.350 e. The number of likely N-dealkylation sites (tertiary alicyclic amines) is 1. The molecule has 1 heterocycles. The number of carbonyl (C=O) groups excluding carboxylic acids is 2. The fourth-order valence-electron chi connectivity index (χ4n) is 2.84. The number of hydrogen-bond acceptors (Lipinski definition) is 6. The predicted molar refractivity (Wildman–Crippen MR) is 122 cm³/mol. The number of nitrogens with two attached hydrogens (primary N) is 3. The Balaban J connectivity index is 0.000000804. The molecule has 0 unspecified atom stereocenters. The fourth-order valence-corrected chi connectivity index (χ4v) is 3.03. The lowest BCUT2D eigenvalue weighted by Gasteiger charge is -2.24. The van der Waals surface area contributed by atoms with E-state index in [0.29, 0.717) is 34.7 Å². The molecule has 1 fully saturated rings. The number of nitrogens with one attached hydrogen (secondary N) is 1. The smallest absolute Gasteiger partial charge is 0.243 e. The van der Waals surface area contributed by atoms with E-state index < -0.39 is 6.04 Å².